The third kappa shape index (κ3) is 24.9. The molecule has 0 fully saturated rings. The fourth-order valence-corrected chi connectivity index (χ4v) is 5.04. The van der Waals surface area contributed by atoms with Gasteiger partial charge in [0.2, 0.25) is 0 Å². The second-order valence-corrected chi connectivity index (χ2v) is 11.5. The third-order valence-corrected chi connectivity index (χ3v) is 7.53. The van der Waals surface area contributed by atoms with Gasteiger partial charge in [-0.05, 0) is 25.7 Å². The van der Waals surface area contributed by atoms with Gasteiger partial charge in [0.1, 0.15) is 0 Å². The van der Waals surface area contributed by atoms with Gasteiger partial charge in [-0.3, -0.25) is 0 Å². The lowest BCUT2D eigenvalue weighted by atomic mass is 9.93. The molecule has 0 aromatic heterocycles. The lowest BCUT2D eigenvalue weighted by Crippen LogP contribution is -2.49. The first-order valence-electron chi connectivity index (χ1n) is 15.5. The van der Waals surface area contributed by atoms with Gasteiger partial charge in [0, 0.05) is 0 Å². The van der Waals surface area contributed by atoms with Gasteiger partial charge in [0.25, 0.3) is 0 Å². The van der Waals surface area contributed by atoms with Crippen LogP contribution in [0.3, 0.4) is 0 Å². The lowest BCUT2D eigenvalue weighted by molar-refractivity contribution is 0.331. The van der Waals surface area contributed by atoms with Crippen LogP contribution in [-0.2, 0) is 0 Å². The summed E-state index contributed by atoms with van der Waals surface area (Å²) in [5, 5.41) is 0. The van der Waals surface area contributed by atoms with E-state index in [2.05, 4.69) is 13.8 Å². The van der Waals surface area contributed by atoms with Crippen LogP contribution in [0, 0.1) is 0 Å². The molecule has 206 valence electrons. The fraction of sp³-hybridized carbons (Fsp3) is 1.00. The van der Waals surface area contributed by atoms with E-state index in [4.69, 9.17) is 22.9 Å². The molecule has 0 heterocycles. The van der Waals surface area contributed by atoms with E-state index in [9.17, 15) is 0 Å². The largest absolute Gasteiger partial charge is 0.313 e. The minimum absolute atomic E-state index is 0.484. The molecule has 4 heteroatoms. The molecule has 0 aromatic rings. The van der Waals surface area contributed by atoms with Crippen molar-refractivity contribution in [1.29, 1.82) is 0 Å². The molecule has 0 aliphatic rings. The Morgan fingerprint density at radius 2 is 0.471 bits per heavy atom. The molecule has 8 N–H and O–H groups in total. The lowest BCUT2D eigenvalue weighted by Gasteiger charge is -2.25. The molecule has 0 saturated carbocycles. The van der Waals surface area contributed by atoms with E-state index >= 15 is 0 Å². The van der Waals surface area contributed by atoms with Crippen LogP contribution < -0.4 is 22.9 Å². The Labute approximate surface area is 215 Å². The number of unbranched alkanes of at least 4 members (excludes halogenated alkanes) is 19. The van der Waals surface area contributed by atoms with E-state index in [0.717, 1.165) is 38.5 Å². The van der Waals surface area contributed by atoms with Crippen molar-refractivity contribution in [2.24, 2.45) is 22.9 Å². The van der Waals surface area contributed by atoms with Gasteiger partial charge in [0.05, 0.1) is 11.3 Å². The molecule has 0 aromatic carbocycles. The quantitative estimate of drug-likeness (QED) is 0.0696. The van der Waals surface area contributed by atoms with Crippen molar-refractivity contribution in [2.45, 2.75) is 192 Å². The molecule has 0 aliphatic carbocycles. The topological polar surface area (TPSA) is 104 Å². The van der Waals surface area contributed by atoms with Gasteiger partial charge >= 0.3 is 0 Å². The van der Waals surface area contributed by atoms with E-state index in [1.807, 2.05) is 0 Å². The van der Waals surface area contributed by atoms with Crippen LogP contribution in [0.15, 0.2) is 0 Å². The molecule has 0 unspecified atom stereocenters. The molecule has 4 nitrogen and oxygen atoms in total. The van der Waals surface area contributed by atoms with Crippen LogP contribution in [0.25, 0.3) is 0 Å². The molecular formula is C30H66N4. The second kappa shape index (κ2) is 23.3. The summed E-state index contributed by atoms with van der Waals surface area (Å²) in [6.45, 7) is 4.55. The van der Waals surface area contributed by atoms with Gasteiger partial charge < -0.3 is 22.9 Å². The first kappa shape index (κ1) is 33.8. The van der Waals surface area contributed by atoms with Crippen LogP contribution in [0.2, 0.25) is 0 Å². The van der Waals surface area contributed by atoms with E-state index in [1.54, 1.807) is 0 Å². The molecule has 0 atom stereocenters. The predicted molar refractivity (Wildman–Crippen MR) is 154 cm³/mol. The monoisotopic (exact) mass is 483 g/mol. The third-order valence-electron chi connectivity index (χ3n) is 7.53. The minimum atomic E-state index is -0.484. The summed E-state index contributed by atoms with van der Waals surface area (Å²) in [6.07, 6.45) is 32.5. The van der Waals surface area contributed by atoms with Crippen molar-refractivity contribution >= 4 is 0 Å². The van der Waals surface area contributed by atoms with Crippen LogP contribution in [0.5, 0.6) is 0 Å². The maximum atomic E-state index is 6.35. The summed E-state index contributed by atoms with van der Waals surface area (Å²) in [5.74, 6) is 0. The number of nitrogens with two attached hydrogens (primary N) is 4. The average molecular weight is 483 g/mol. The van der Waals surface area contributed by atoms with Gasteiger partial charge in [0.15, 0.2) is 0 Å². The first-order valence-corrected chi connectivity index (χ1v) is 15.5. The molecular weight excluding hydrogens is 416 g/mol. The van der Waals surface area contributed by atoms with Crippen molar-refractivity contribution in [3.8, 4) is 0 Å². The van der Waals surface area contributed by atoms with E-state index in [1.165, 1.54) is 128 Å². The van der Waals surface area contributed by atoms with E-state index in [-0.39, 0.29) is 0 Å². The number of hydrogen-bond acceptors (Lipinski definition) is 4. The highest BCUT2D eigenvalue weighted by Gasteiger charge is 2.19. The molecule has 0 spiro atoms. The molecule has 0 bridgehead atoms. The van der Waals surface area contributed by atoms with Gasteiger partial charge in [-0.15, -0.1) is 0 Å². The van der Waals surface area contributed by atoms with E-state index in [0.29, 0.717) is 0 Å². The Morgan fingerprint density at radius 1 is 0.294 bits per heavy atom. The number of rotatable bonds is 27. The van der Waals surface area contributed by atoms with Crippen molar-refractivity contribution < 1.29 is 0 Å². The summed E-state index contributed by atoms with van der Waals surface area (Å²) in [5.41, 5.74) is 24.4. The highest BCUT2D eigenvalue weighted by Crippen LogP contribution is 2.20. The summed E-state index contributed by atoms with van der Waals surface area (Å²) in [4.78, 5) is 0. The minimum Gasteiger partial charge on any atom is -0.313 e. The van der Waals surface area contributed by atoms with Crippen molar-refractivity contribution in [3.05, 3.63) is 0 Å². The molecule has 0 amide bonds. The average Bonchev–Trinajstić information content (AvgIpc) is 2.79. The maximum Gasteiger partial charge on any atom is 0.0636 e. The standard InChI is InChI=1S/C30H66N4/c1-3-5-7-9-11-13-15-17-21-25-29(31,32)27-23-19-20-24-28-30(33,34)26-22-18-16-14-12-10-8-6-4-2/h3-28,31-34H2,1-2H3. The second-order valence-electron chi connectivity index (χ2n) is 11.5. The van der Waals surface area contributed by atoms with Crippen LogP contribution in [0.1, 0.15) is 181 Å². The first-order chi connectivity index (χ1) is 16.3. The van der Waals surface area contributed by atoms with Crippen LogP contribution >= 0.6 is 0 Å². The molecule has 0 saturated heterocycles. The molecule has 0 radical (unpaired) electrons. The molecule has 0 aliphatic heterocycles. The summed E-state index contributed by atoms with van der Waals surface area (Å²) in [6, 6.07) is 0. The predicted octanol–water partition coefficient (Wildman–Crippen LogP) is 8.40. The van der Waals surface area contributed by atoms with Crippen molar-refractivity contribution in [2.75, 3.05) is 0 Å². The Morgan fingerprint density at radius 3 is 0.676 bits per heavy atom. The Balaban J connectivity index is 3.54. The highest BCUT2D eigenvalue weighted by molar-refractivity contribution is 4.78. The van der Waals surface area contributed by atoms with Crippen LogP contribution in [0.4, 0.5) is 0 Å². The smallest absolute Gasteiger partial charge is 0.0636 e. The summed E-state index contributed by atoms with van der Waals surface area (Å²) in [7, 11) is 0. The Bertz CT molecular complexity index is 371. The Hall–Kier alpha value is -0.160. The van der Waals surface area contributed by atoms with Gasteiger partial charge in [-0.1, -0.05) is 155 Å². The van der Waals surface area contributed by atoms with Gasteiger partial charge in [-0.2, -0.15) is 0 Å². The molecule has 0 rings (SSSR count). The Kier molecular flexibility index (Phi) is 23.1. The SMILES string of the molecule is CCCCCCCCCCCC(N)(N)CCCCCCC(N)(N)CCCCCCCCCCC. The van der Waals surface area contributed by atoms with Crippen molar-refractivity contribution in [3.63, 3.8) is 0 Å². The zero-order chi connectivity index (χ0) is 25.4. The number of hydrogen-bond donors (Lipinski definition) is 4. The van der Waals surface area contributed by atoms with Gasteiger partial charge in [-0.25, -0.2) is 0 Å². The van der Waals surface area contributed by atoms with Crippen LogP contribution in [-0.4, -0.2) is 11.3 Å². The zero-order valence-electron chi connectivity index (χ0n) is 23.7. The van der Waals surface area contributed by atoms with Crippen molar-refractivity contribution in [1.82, 2.24) is 0 Å². The normalized spacial score (nSPS) is 12.5. The molecule has 34 heavy (non-hydrogen) atoms. The maximum absolute atomic E-state index is 6.35. The highest BCUT2D eigenvalue weighted by atomic mass is 15.0. The fourth-order valence-electron chi connectivity index (χ4n) is 5.04. The zero-order valence-corrected chi connectivity index (χ0v) is 23.7. The summed E-state index contributed by atoms with van der Waals surface area (Å²) < 4.78 is 0. The van der Waals surface area contributed by atoms with E-state index < -0.39 is 11.3 Å². The summed E-state index contributed by atoms with van der Waals surface area (Å²) >= 11 is 0.